The minimum Gasteiger partial charge on any atom is -0.489 e. The van der Waals surface area contributed by atoms with Crippen LogP contribution in [0.15, 0.2) is 29.3 Å². The molecule has 1 amide bonds. The van der Waals surface area contributed by atoms with Crippen LogP contribution in [0.4, 0.5) is 4.39 Å². The van der Waals surface area contributed by atoms with Gasteiger partial charge in [-0.1, -0.05) is 6.07 Å². The standard InChI is InChI=1S/C19H31FN4O2/c1-7-21-18(24(6)13-17(25)23-19(3,4)5)22-12-14(2)26-16-10-8-9-15(20)11-16/h8-11,14H,7,12-13H2,1-6H3,(H,21,22)(H,23,25). The second-order valence-electron chi connectivity index (χ2n) is 7.23. The molecular formula is C19H31FN4O2. The van der Waals surface area contributed by atoms with E-state index in [1.54, 1.807) is 17.0 Å². The van der Waals surface area contributed by atoms with E-state index >= 15 is 0 Å². The second kappa shape index (κ2) is 9.99. The Bertz CT molecular complexity index is 614. The van der Waals surface area contributed by atoms with Gasteiger partial charge < -0.3 is 20.3 Å². The maximum absolute atomic E-state index is 13.2. The molecular weight excluding hydrogens is 335 g/mol. The molecule has 146 valence electrons. The van der Waals surface area contributed by atoms with Crippen molar-refractivity contribution < 1.29 is 13.9 Å². The number of carbonyl (C=O) groups is 1. The Kier molecular flexibility index (Phi) is 8.35. The van der Waals surface area contributed by atoms with Crippen LogP contribution < -0.4 is 15.4 Å². The lowest BCUT2D eigenvalue weighted by molar-refractivity contribution is -0.122. The molecule has 0 fully saturated rings. The summed E-state index contributed by atoms with van der Waals surface area (Å²) >= 11 is 0. The van der Waals surface area contributed by atoms with Crippen molar-refractivity contribution in [1.82, 2.24) is 15.5 Å². The Hall–Kier alpha value is -2.31. The fraction of sp³-hybridized carbons (Fsp3) is 0.579. The second-order valence-corrected chi connectivity index (χ2v) is 7.23. The summed E-state index contributed by atoms with van der Waals surface area (Å²) in [5.74, 6) is 0.674. The first kappa shape index (κ1) is 21.7. The molecule has 0 bridgehead atoms. The van der Waals surface area contributed by atoms with Gasteiger partial charge in [0.1, 0.15) is 17.7 Å². The highest BCUT2D eigenvalue weighted by atomic mass is 19.1. The Morgan fingerprint density at radius 1 is 1.38 bits per heavy atom. The lowest BCUT2D eigenvalue weighted by atomic mass is 10.1. The number of likely N-dealkylation sites (N-methyl/N-ethyl adjacent to an activating group) is 1. The zero-order chi connectivity index (χ0) is 19.7. The smallest absolute Gasteiger partial charge is 0.240 e. The number of rotatable bonds is 7. The van der Waals surface area contributed by atoms with Gasteiger partial charge in [-0.15, -0.1) is 0 Å². The molecule has 0 aliphatic rings. The van der Waals surface area contributed by atoms with Crippen molar-refractivity contribution in [1.29, 1.82) is 0 Å². The van der Waals surface area contributed by atoms with Gasteiger partial charge in [0.05, 0.1) is 13.1 Å². The summed E-state index contributed by atoms with van der Waals surface area (Å²) < 4.78 is 18.9. The number of nitrogens with one attached hydrogen (secondary N) is 2. The fourth-order valence-corrected chi connectivity index (χ4v) is 2.24. The molecule has 1 unspecified atom stereocenters. The average Bonchev–Trinajstić information content (AvgIpc) is 2.49. The predicted octanol–water partition coefficient (Wildman–Crippen LogP) is 2.41. The summed E-state index contributed by atoms with van der Waals surface area (Å²) in [6.07, 6.45) is -0.234. The largest absolute Gasteiger partial charge is 0.489 e. The van der Waals surface area contributed by atoms with Crippen molar-refractivity contribution in [2.24, 2.45) is 4.99 Å². The van der Waals surface area contributed by atoms with E-state index in [4.69, 9.17) is 4.74 Å². The molecule has 6 nitrogen and oxygen atoms in total. The van der Waals surface area contributed by atoms with E-state index in [1.807, 2.05) is 41.7 Å². The molecule has 0 saturated carbocycles. The van der Waals surface area contributed by atoms with Gasteiger partial charge in [-0.3, -0.25) is 4.79 Å². The molecule has 1 aromatic rings. The number of ether oxygens (including phenoxy) is 1. The fourth-order valence-electron chi connectivity index (χ4n) is 2.24. The Balaban J connectivity index is 2.64. The van der Waals surface area contributed by atoms with Gasteiger partial charge in [0.15, 0.2) is 5.96 Å². The third-order valence-corrected chi connectivity index (χ3v) is 3.22. The topological polar surface area (TPSA) is 66.0 Å². The average molecular weight is 366 g/mol. The molecule has 0 saturated heterocycles. The van der Waals surface area contributed by atoms with Crippen molar-refractivity contribution in [2.75, 3.05) is 26.7 Å². The summed E-state index contributed by atoms with van der Waals surface area (Å²) in [5, 5.41) is 6.09. The van der Waals surface area contributed by atoms with Crippen molar-refractivity contribution in [3.05, 3.63) is 30.1 Å². The number of aliphatic imine (C=N–C) groups is 1. The molecule has 26 heavy (non-hydrogen) atoms. The van der Waals surface area contributed by atoms with E-state index in [-0.39, 0.29) is 29.9 Å². The number of amides is 1. The van der Waals surface area contributed by atoms with E-state index < -0.39 is 0 Å². The summed E-state index contributed by atoms with van der Waals surface area (Å²) in [6.45, 7) is 10.9. The van der Waals surface area contributed by atoms with E-state index in [0.29, 0.717) is 24.8 Å². The summed E-state index contributed by atoms with van der Waals surface area (Å²) in [5.41, 5.74) is -0.277. The Morgan fingerprint density at radius 2 is 2.08 bits per heavy atom. The minimum atomic E-state index is -0.337. The number of carbonyl (C=O) groups excluding carboxylic acids is 1. The van der Waals surface area contributed by atoms with Crippen molar-refractivity contribution >= 4 is 11.9 Å². The Morgan fingerprint density at radius 3 is 2.65 bits per heavy atom. The van der Waals surface area contributed by atoms with Crippen LogP contribution in [0.25, 0.3) is 0 Å². The molecule has 1 atom stereocenters. The third kappa shape index (κ3) is 8.69. The minimum absolute atomic E-state index is 0.0744. The number of hydrogen-bond acceptors (Lipinski definition) is 3. The van der Waals surface area contributed by atoms with Crippen molar-refractivity contribution in [3.8, 4) is 5.75 Å². The highest BCUT2D eigenvalue weighted by Gasteiger charge is 2.17. The highest BCUT2D eigenvalue weighted by molar-refractivity contribution is 5.86. The van der Waals surface area contributed by atoms with Crippen LogP contribution >= 0.6 is 0 Å². The van der Waals surface area contributed by atoms with Gasteiger partial charge in [-0.25, -0.2) is 9.38 Å². The van der Waals surface area contributed by atoms with Gasteiger partial charge in [0.2, 0.25) is 5.91 Å². The molecule has 7 heteroatoms. The number of nitrogens with zero attached hydrogens (tertiary/aromatic N) is 2. The maximum atomic E-state index is 13.2. The maximum Gasteiger partial charge on any atom is 0.240 e. The van der Waals surface area contributed by atoms with E-state index in [9.17, 15) is 9.18 Å². The lowest BCUT2D eigenvalue weighted by Gasteiger charge is -2.25. The molecule has 0 heterocycles. The molecule has 1 rings (SSSR count). The van der Waals surface area contributed by atoms with Crippen LogP contribution in [-0.4, -0.2) is 55.1 Å². The molecule has 0 radical (unpaired) electrons. The molecule has 0 spiro atoms. The number of hydrogen-bond donors (Lipinski definition) is 2. The summed E-state index contributed by atoms with van der Waals surface area (Å²) in [6, 6.07) is 6.02. The van der Waals surface area contributed by atoms with Gasteiger partial charge in [0, 0.05) is 25.2 Å². The molecule has 2 N–H and O–H groups in total. The molecule has 0 aliphatic carbocycles. The van der Waals surface area contributed by atoms with E-state index in [2.05, 4.69) is 15.6 Å². The lowest BCUT2D eigenvalue weighted by Crippen LogP contribution is -2.49. The van der Waals surface area contributed by atoms with Crippen LogP contribution in [-0.2, 0) is 4.79 Å². The van der Waals surface area contributed by atoms with Crippen LogP contribution in [0.5, 0.6) is 5.75 Å². The van der Waals surface area contributed by atoms with Gasteiger partial charge in [0.25, 0.3) is 0 Å². The Labute approximate surface area is 155 Å². The first-order chi connectivity index (χ1) is 12.1. The van der Waals surface area contributed by atoms with Gasteiger partial charge in [-0.05, 0) is 46.8 Å². The molecule has 0 aromatic heterocycles. The van der Waals surface area contributed by atoms with Crippen LogP contribution in [0.2, 0.25) is 0 Å². The molecule has 1 aromatic carbocycles. The van der Waals surface area contributed by atoms with Crippen molar-refractivity contribution in [2.45, 2.75) is 46.3 Å². The van der Waals surface area contributed by atoms with Gasteiger partial charge in [-0.2, -0.15) is 0 Å². The zero-order valence-electron chi connectivity index (χ0n) is 16.6. The summed E-state index contributed by atoms with van der Waals surface area (Å²) in [4.78, 5) is 18.4. The van der Waals surface area contributed by atoms with E-state index in [1.165, 1.54) is 12.1 Å². The quantitative estimate of drug-likeness (QED) is 0.574. The normalized spacial score (nSPS) is 13.1. The first-order valence-electron chi connectivity index (χ1n) is 8.83. The zero-order valence-corrected chi connectivity index (χ0v) is 16.6. The van der Waals surface area contributed by atoms with Crippen LogP contribution in [0.3, 0.4) is 0 Å². The van der Waals surface area contributed by atoms with Crippen LogP contribution in [0, 0.1) is 5.82 Å². The number of benzene rings is 1. The first-order valence-corrected chi connectivity index (χ1v) is 8.83. The van der Waals surface area contributed by atoms with E-state index in [0.717, 1.165) is 0 Å². The number of guanidine groups is 1. The summed E-state index contributed by atoms with van der Waals surface area (Å²) in [7, 11) is 1.81. The molecule has 0 aliphatic heterocycles. The number of halogens is 1. The van der Waals surface area contributed by atoms with Crippen LogP contribution in [0.1, 0.15) is 34.6 Å². The van der Waals surface area contributed by atoms with Gasteiger partial charge >= 0.3 is 0 Å². The predicted molar refractivity (Wildman–Crippen MR) is 103 cm³/mol. The van der Waals surface area contributed by atoms with Crippen molar-refractivity contribution in [3.63, 3.8) is 0 Å². The monoisotopic (exact) mass is 366 g/mol. The SMILES string of the molecule is CCNC(=NCC(C)Oc1cccc(F)c1)N(C)CC(=O)NC(C)(C)C. The third-order valence-electron chi connectivity index (χ3n) is 3.22. The highest BCUT2D eigenvalue weighted by Crippen LogP contribution is 2.13.